The van der Waals surface area contributed by atoms with Gasteiger partial charge in [0.15, 0.2) is 5.82 Å². The lowest BCUT2D eigenvalue weighted by molar-refractivity contribution is -0.234. The highest BCUT2D eigenvalue weighted by molar-refractivity contribution is 5.83. The van der Waals surface area contributed by atoms with E-state index in [1.807, 2.05) is 30.0 Å². The van der Waals surface area contributed by atoms with Crippen LogP contribution in [-0.2, 0) is 20.8 Å². The van der Waals surface area contributed by atoms with Crippen LogP contribution in [0.3, 0.4) is 0 Å². The SMILES string of the molecule is CN1CCN(C(=O)C2(C)COC(c3nc(-c4ccc(F)cc4)c(-c4ccnc(NCc5ccccn5)n4)[nH]3)OC2)CC1. The van der Waals surface area contributed by atoms with Crippen LogP contribution in [0.4, 0.5) is 10.3 Å². The largest absolute Gasteiger partial charge is 0.349 e. The summed E-state index contributed by atoms with van der Waals surface area (Å²) in [6.45, 7) is 5.79. The van der Waals surface area contributed by atoms with E-state index in [0.717, 1.165) is 18.8 Å². The summed E-state index contributed by atoms with van der Waals surface area (Å²) < 4.78 is 26.0. The van der Waals surface area contributed by atoms with Gasteiger partial charge in [0, 0.05) is 44.1 Å². The normalized spacial score (nSPS) is 21.3. The summed E-state index contributed by atoms with van der Waals surface area (Å²) in [5.41, 5.74) is 2.51. The minimum atomic E-state index is -0.810. The molecule has 0 atom stereocenters. The molecule has 2 aliphatic heterocycles. The molecular formula is C30H33FN8O3. The number of anilines is 1. The van der Waals surface area contributed by atoms with E-state index in [0.29, 0.717) is 54.1 Å². The minimum absolute atomic E-state index is 0.0351. The van der Waals surface area contributed by atoms with Crippen LogP contribution < -0.4 is 5.32 Å². The number of carbonyl (C=O) groups is 1. The summed E-state index contributed by atoms with van der Waals surface area (Å²) in [5.74, 6) is 0.540. The highest BCUT2D eigenvalue weighted by Gasteiger charge is 2.43. The van der Waals surface area contributed by atoms with Crippen LogP contribution in [0, 0.1) is 11.2 Å². The first-order chi connectivity index (χ1) is 20.4. The maximum atomic E-state index is 13.8. The average Bonchev–Trinajstić information content (AvgIpc) is 3.47. The smallest absolute Gasteiger partial charge is 0.233 e. The summed E-state index contributed by atoms with van der Waals surface area (Å²) in [5, 5.41) is 3.20. The van der Waals surface area contributed by atoms with Crippen LogP contribution in [0.15, 0.2) is 60.9 Å². The Morgan fingerprint density at radius 3 is 2.50 bits per heavy atom. The molecule has 2 fully saturated rings. The maximum Gasteiger partial charge on any atom is 0.233 e. The number of amides is 1. The van der Waals surface area contributed by atoms with Gasteiger partial charge in [0.1, 0.15) is 5.82 Å². The monoisotopic (exact) mass is 572 g/mol. The van der Waals surface area contributed by atoms with Crippen molar-refractivity contribution in [3.05, 3.63) is 78.3 Å². The van der Waals surface area contributed by atoms with E-state index in [1.54, 1.807) is 30.6 Å². The zero-order chi connectivity index (χ0) is 29.1. The van der Waals surface area contributed by atoms with E-state index in [-0.39, 0.29) is 24.9 Å². The van der Waals surface area contributed by atoms with Crippen molar-refractivity contribution in [2.45, 2.75) is 19.8 Å². The number of rotatable bonds is 7. The quantitative estimate of drug-likeness (QED) is 0.343. The van der Waals surface area contributed by atoms with Gasteiger partial charge in [-0.2, -0.15) is 0 Å². The molecule has 218 valence electrons. The lowest BCUT2D eigenvalue weighted by Crippen LogP contribution is -2.55. The summed E-state index contributed by atoms with van der Waals surface area (Å²) in [6, 6.07) is 13.6. The van der Waals surface area contributed by atoms with E-state index < -0.39 is 11.7 Å². The van der Waals surface area contributed by atoms with E-state index in [9.17, 15) is 9.18 Å². The summed E-state index contributed by atoms with van der Waals surface area (Å²) in [4.78, 5) is 38.9. The standard InChI is InChI=1S/C30H33FN8O3/c1-30(28(40)39-15-13-38(2)14-16-39)18-41-27(42-19-30)26-36-24(20-6-8-21(31)9-7-20)25(37-26)23-10-12-33-29(35-23)34-17-22-5-3-4-11-32-22/h3-12,27H,13-19H2,1-2H3,(H,36,37)(H,33,34,35). The van der Waals surface area contributed by atoms with Gasteiger partial charge in [0.2, 0.25) is 18.1 Å². The number of aromatic nitrogens is 5. The first-order valence-corrected chi connectivity index (χ1v) is 13.9. The van der Waals surface area contributed by atoms with Gasteiger partial charge in [0.25, 0.3) is 0 Å². The molecule has 12 heteroatoms. The zero-order valence-corrected chi connectivity index (χ0v) is 23.6. The van der Waals surface area contributed by atoms with Crippen molar-refractivity contribution in [3.8, 4) is 22.6 Å². The van der Waals surface area contributed by atoms with Crippen molar-refractivity contribution in [2.75, 3.05) is 51.8 Å². The van der Waals surface area contributed by atoms with Crippen LogP contribution in [0.2, 0.25) is 0 Å². The molecule has 6 rings (SSSR count). The first-order valence-electron chi connectivity index (χ1n) is 13.9. The molecule has 5 heterocycles. The fraction of sp³-hybridized carbons (Fsp3) is 0.367. The molecule has 2 aliphatic rings. The number of likely N-dealkylation sites (N-methyl/N-ethyl adjacent to an activating group) is 1. The molecule has 0 unspecified atom stereocenters. The second kappa shape index (κ2) is 11.9. The van der Waals surface area contributed by atoms with Crippen molar-refractivity contribution in [2.24, 2.45) is 5.41 Å². The number of carbonyl (C=O) groups excluding carboxylic acids is 1. The lowest BCUT2D eigenvalue weighted by Gasteiger charge is -2.41. The van der Waals surface area contributed by atoms with Gasteiger partial charge in [0.05, 0.1) is 47.9 Å². The second-order valence-corrected chi connectivity index (χ2v) is 10.9. The van der Waals surface area contributed by atoms with Crippen molar-refractivity contribution in [3.63, 3.8) is 0 Å². The Balaban J connectivity index is 1.23. The third-order valence-electron chi connectivity index (χ3n) is 7.54. The molecule has 0 radical (unpaired) electrons. The number of hydrogen-bond acceptors (Lipinski definition) is 9. The number of benzene rings is 1. The van der Waals surface area contributed by atoms with Crippen molar-refractivity contribution < 1.29 is 18.7 Å². The Labute approximate surface area is 243 Å². The number of imidazole rings is 1. The third kappa shape index (κ3) is 6.01. The number of hydrogen-bond donors (Lipinski definition) is 2. The molecule has 0 aliphatic carbocycles. The number of pyridine rings is 1. The Kier molecular flexibility index (Phi) is 7.92. The summed E-state index contributed by atoms with van der Waals surface area (Å²) in [6.07, 6.45) is 2.58. The fourth-order valence-corrected chi connectivity index (χ4v) is 5.04. The Morgan fingerprint density at radius 1 is 1.02 bits per heavy atom. The number of nitrogens with zero attached hydrogens (tertiary/aromatic N) is 6. The molecule has 1 amide bonds. The minimum Gasteiger partial charge on any atom is -0.349 e. The molecule has 3 aromatic heterocycles. The zero-order valence-electron chi connectivity index (χ0n) is 23.6. The molecule has 2 saturated heterocycles. The van der Waals surface area contributed by atoms with Gasteiger partial charge in [-0.15, -0.1) is 0 Å². The Bertz CT molecular complexity index is 1520. The summed E-state index contributed by atoms with van der Waals surface area (Å²) >= 11 is 0. The van der Waals surface area contributed by atoms with Gasteiger partial charge >= 0.3 is 0 Å². The van der Waals surface area contributed by atoms with E-state index in [2.05, 4.69) is 32.2 Å². The highest BCUT2D eigenvalue weighted by atomic mass is 19.1. The predicted molar refractivity (Wildman–Crippen MR) is 153 cm³/mol. The molecule has 42 heavy (non-hydrogen) atoms. The molecule has 0 bridgehead atoms. The molecule has 1 aromatic carbocycles. The second-order valence-electron chi connectivity index (χ2n) is 10.9. The number of H-pyrrole nitrogens is 1. The van der Waals surface area contributed by atoms with Crippen molar-refractivity contribution >= 4 is 11.9 Å². The van der Waals surface area contributed by atoms with Gasteiger partial charge in [-0.1, -0.05) is 6.07 Å². The maximum absolute atomic E-state index is 13.8. The lowest BCUT2D eigenvalue weighted by atomic mass is 9.90. The van der Waals surface area contributed by atoms with Gasteiger partial charge < -0.3 is 29.6 Å². The van der Waals surface area contributed by atoms with Crippen LogP contribution in [0.25, 0.3) is 22.6 Å². The molecule has 4 aromatic rings. The number of piperazine rings is 1. The molecular weight excluding hydrogens is 539 g/mol. The third-order valence-corrected chi connectivity index (χ3v) is 7.54. The topological polar surface area (TPSA) is 121 Å². The first kappa shape index (κ1) is 27.9. The van der Waals surface area contributed by atoms with E-state index in [1.165, 1.54) is 12.1 Å². The highest BCUT2D eigenvalue weighted by Crippen LogP contribution is 2.36. The molecule has 0 spiro atoms. The molecule has 11 nitrogen and oxygen atoms in total. The van der Waals surface area contributed by atoms with Crippen LogP contribution in [0.5, 0.6) is 0 Å². The number of ether oxygens (including phenoxy) is 2. The fourth-order valence-electron chi connectivity index (χ4n) is 5.04. The average molecular weight is 573 g/mol. The van der Waals surface area contributed by atoms with Gasteiger partial charge in [-0.3, -0.25) is 9.78 Å². The van der Waals surface area contributed by atoms with Gasteiger partial charge in [-0.05, 0) is 56.4 Å². The number of aromatic amines is 1. The van der Waals surface area contributed by atoms with Crippen LogP contribution in [0.1, 0.15) is 24.7 Å². The number of halogens is 1. The van der Waals surface area contributed by atoms with Crippen molar-refractivity contribution in [1.82, 2.24) is 34.7 Å². The number of nitrogens with one attached hydrogen (secondary N) is 2. The van der Waals surface area contributed by atoms with Crippen LogP contribution >= 0.6 is 0 Å². The van der Waals surface area contributed by atoms with Gasteiger partial charge in [-0.25, -0.2) is 19.3 Å². The Hall–Kier alpha value is -4.26. The van der Waals surface area contributed by atoms with E-state index >= 15 is 0 Å². The van der Waals surface area contributed by atoms with Crippen molar-refractivity contribution in [1.29, 1.82) is 0 Å². The van der Waals surface area contributed by atoms with E-state index in [4.69, 9.17) is 19.4 Å². The molecule has 0 saturated carbocycles. The summed E-state index contributed by atoms with van der Waals surface area (Å²) in [7, 11) is 2.06. The predicted octanol–water partition coefficient (Wildman–Crippen LogP) is 3.51. The molecule has 2 N–H and O–H groups in total. The van der Waals surface area contributed by atoms with Crippen LogP contribution in [-0.4, -0.2) is 87.1 Å². The Morgan fingerprint density at radius 2 is 1.79 bits per heavy atom.